The van der Waals surface area contributed by atoms with Gasteiger partial charge in [-0.2, -0.15) is 0 Å². The van der Waals surface area contributed by atoms with E-state index in [1.54, 1.807) is 41.5 Å². The van der Waals surface area contributed by atoms with Crippen LogP contribution < -0.4 is 102 Å². The Morgan fingerprint density at radius 1 is 0.369 bits per heavy atom. The molecule has 0 saturated carbocycles. The number of aliphatic hydroxyl groups is 2. The summed E-state index contributed by atoms with van der Waals surface area (Å²) in [6.07, 6.45) is -0.415. The van der Waals surface area contributed by atoms with Gasteiger partial charge in [0.2, 0.25) is 118 Å². The molecule has 0 aromatic rings. The smallest absolute Gasteiger partial charge is 0.248 e. The van der Waals surface area contributed by atoms with Crippen molar-refractivity contribution >= 4 is 118 Å². The summed E-state index contributed by atoms with van der Waals surface area (Å²) >= 11 is 0. The first kappa shape index (κ1) is 109. The first-order chi connectivity index (χ1) is 55.5. The molecule has 0 aromatic heterocycles. The summed E-state index contributed by atoms with van der Waals surface area (Å²) in [5.74, 6) is -18.0. The normalized spacial score (nSPS) is 15.4. The number of hydrogen-bond donors (Lipinski definition) is 21. The number of carbonyl (C=O) groups is 20. The molecule has 9 atom stereocenters. The van der Waals surface area contributed by atoms with E-state index >= 15 is 0 Å². The molecule has 0 aliphatic carbocycles. The van der Waals surface area contributed by atoms with E-state index in [1.165, 1.54) is 130 Å². The van der Waals surface area contributed by atoms with Gasteiger partial charge in [0.25, 0.3) is 0 Å². The van der Waals surface area contributed by atoms with Crippen LogP contribution in [0, 0.1) is 23.7 Å². The van der Waals surface area contributed by atoms with Crippen LogP contribution in [-0.2, 0) is 95.9 Å². The van der Waals surface area contributed by atoms with Crippen molar-refractivity contribution in [1.29, 1.82) is 0 Å². The molecule has 9 unspecified atom stereocenters. The molecule has 0 aromatic carbocycles. The van der Waals surface area contributed by atoms with Gasteiger partial charge in [-0.3, -0.25) is 95.9 Å². The first-order valence-corrected chi connectivity index (χ1v) is 40.9. The third-order valence-electron chi connectivity index (χ3n) is 19.7. The van der Waals surface area contributed by atoms with Gasteiger partial charge in [0.1, 0.15) is 92.6 Å². The van der Waals surface area contributed by atoms with Gasteiger partial charge in [-0.1, -0.05) is 55.4 Å². The van der Waals surface area contributed by atoms with E-state index in [9.17, 15) is 106 Å². The van der Waals surface area contributed by atoms with E-state index in [2.05, 4.69) is 90.4 Å². The summed E-state index contributed by atoms with van der Waals surface area (Å²) in [6, 6.07) is -11.6. The number of likely N-dealkylation sites (tertiary alicyclic amines) is 1. The highest BCUT2D eigenvalue weighted by Crippen LogP contribution is 2.25. The Bertz CT molecular complexity index is 3830. The summed E-state index contributed by atoms with van der Waals surface area (Å²) in [5, 5.41) is 62.8. The summed E-state index contributed by atoms with van der Waals surface area (Å²) < 4.78 is 0. The second kappa shape index (κ2) is 46.0. The predicted molar refractivity (Wildman–Crippen MR) is 447 cm³/mol. The van der Waals surface area contributed by atoms with Crippen molar-refractivity contribution in [2.24, 2.45) is 35.1 Å². The second-order valence-electron chi connectivity index (χ2n) is 37.0. The van der Waals surface area contributed by atoms with E-state index < -0.39 is 255 Å². The molecule has 1 aliphatic heterocycles. The van der Waals surface area contributed by atoms with Crippen molar-refractivity contribution < 1.29 is 106 Å². The maximum Gasteiger partial charge on any atom is 0.248 e. The fourth-order valence-electron chi connectivity index (χ4n) is 12.3. The molecule has 42 heteroatoms. The maximum atomic E-state index is 14.4. The molecular weight excluding hydrogens is 1590 g/mol. The monoisotopic (exact) mass is 1730 g/mol. The van der Waals surface area contributed by atoms with Crippen LogP contribution in [0.5, 0.6) is 0 Å². The molecule has 1 saturated heterocycles. The van der Waals surface area contributed by atoms with Crippen molar-refractivity contribution in [3.63, 3.8) is 0 Å². The second-order valence-corrected chi connectivity index (χ2v) is 37.0. The molecule has 20 amide bonds. The molecule has 1 fully saturated rings. The van der Waals surface area contributed by atoms with Gasteiger partial charge in [0, 0.05) is 26.3 Å². The van der Waals surface area contributed by atoms with Crippen molar-refractivity contribution in [2.45, 2.75) is 336 Å². The highest BCUT2D eigenvalue weighted by Gasteiger charge is 2.48. The lowest BCUT2D eigenvalue weighted by Crippen LogP contribution is -2.66. The average Bonchev–Trinajstić information content (AvgIpc) is 1.56. The van der Waals surface area contributed by atoms with Crippen LogP contribution in [0.2, 0.25) is 0 Å². The first-order valence-electron chi connectivity index (χ1n) is 40.9. The number of primary amides is 2. The molecule has 1 rings (SSSR count). The lowest BCUT2D eigenvalue weighted by Gasteiger charge is -2.36. The van der Waals surface area contributed by atoms with Gasteiger partial charge in [0.05, 0.1) is 25.8 Å². The van der Waals surface area contributed by atoms with Crippen molar-refractivity contribution in [3.8, 4) is 0 Å². The third kappa shape index (κ3) is 35.4. The van der Waals surface area contributed by atoms with Crippen LogP contribution in [-0.4, -0.2) is 258 Å². The number of nitrogens with one attached hydrogen (secondary N) is 17. The zero-order valence-corrected chi connectivity index (χ0v) is 75.9. The zero-order chi connectivity index (χ0) is 94.8. The third-order valence-corrected chi connectivity index (χ3v) is 19.7. The molecule has 692 valence electrons. The van der Waals surface area contributed by atoms with Gasteiger partial charge in [0.15, 0.2) is 0 Å². The van der Waals surface area contributed by atoms with Gasteiger partial charge < -0.3 is 117 Å². The molecule has 1 aliphatic rings. The van der Waals surface area contributed by atoms with Crippen LogP contribution in [0.1, 0.15) is 238 Å². The lowest BCUT2D eigenvalue weighted by atomic mass is 9.96. The van der Waals surface area contributed by atoms with Gasteiger partial charge in [-0.25, -0.2) is 0 Å². The molecule has 0 spiro atoms. The van der Waals surface area contributed by atoms with Crippen LogP contribution in [0.15, 0.2) is 0 Å². The van der Waals surface area contributed by atoms with Crippen LogP contribution in [0.25, 0.3) is 0 Å². The minimum Gasteiger partial charge on any atom is -0.394 e. The van der Waals surface area contributed by atoms with Crippen LogP contribution in [0.4, 0.5) is 0 Å². The zero-order valence-electron chi connectivity index (χ0n) is 75.9. The highest BCUT2D eigenvalue weighted by atomic mass is 16.3. The fourth-order valence-corrected chi connectivity index (χ4v) is 12.3. The number of nitrogens with zero attached hydrogens (tertiary/aromatic N) is 1. The Morgan fingerprint density at radius 3 is 1.16 bits per heavy atom. The standard InChI is InChI=1S/C80H140N20O22/c1-40(2)34-46(38-101)85-58(108)47(29-31-53(81)104)88-68(118)77(19,20)98-71(121)79(23,24)96-62(112)50(36-42(5)6)87-63(113)52-28-27-33-100(52)72(122)80(25,26)99-70(120)78(21,22)93-55(106)37-83-65(115)73(11,12)97-64(114)56(43(7)8)91-69(119)76(17,18)94-60(110)48(30-32-54(82)105)89-67(117)75(15,16)95-61(111)49(35-41(3)4)86-57(107)44(9)84-59(109)51(39-102)90-66(116)74(13,14)92-45(10)103/h40-44,46-52,56,101-102H,27-39H2,1-26H3,(H2,81,104)(H2,82,105)(H,83,115)(H,84,109)(H,85,108)(H,86,107)(H,87,113)(H,88,118)(H,89,117)(H,90,116)(H,91,119)(H,92,103)(H,93,106)(H,94,110)(H,95,111)(H,96,112)(H,97,114)(H,98,121)(H,99,120). The molecule has 0 bridgehead atoms. The SMILES string of the molecule is CC(=O)NC(C)(C)C(=O)NC(CO)C(=O)NC(C)C(=O)NC(CC(C)C)C(=O)NC(C)(C)C(=O)NC(CCC(N)=O)C(=O)NC(C)(C)C(=O)NC(C(=O)NC(C)(C)C(=O)NCC(=O)NC(C)(C)C(=O)NC(C)(C)C(=O)N1CCCC1C(=O)NC(CC(C)C)C(=O)NC(C)(C)C(=O)NC(C)(C)C(=O)NC(CCC(N)=O)C(=O)NC(CO)CC(C)C)C(C)C. The van der Waals surface area contributed by atoms with E-state index in [-0.39, 0.29) is 56.4 Å². The van der Waals surface area contributed by atoms with Crippen molar-refractivity contribution in [1.82, 2.24) is 95.3 Å². The summed E-state index contributed by atoms with van der Waals surface area (Å²) in [7, 11) is 0. The molecule has 1 heterocycles. The van der Waals surface area contributed by atoms with Crippen LogP contribution >= 0.6 is 0 Å². The average molecular weight is 1730 g/mol. The molecule has 0 radical (unpaired) electrons. The Morgan fingerprint density at radius 2 is 0.738 bits per heavy atom. The number of aliphatic hydroxyl groups excluding tert-OH is 2. The quantitative estimate of drug-likeness (QED) is 0.0273. The predicted octanol–water partition coefficient (Wildman–Crippen LogP) is -4.52. The fraction of sp³-hybridized carbons (Fsp3) is 0.750. The molecule has 23 N–H and O–H groups in total. The van der Waals surface area contributed by atoms with Gasteiger partial charge >= 0.3 is 0 Å². The Balaban J connectivity index is 3.18. The molecule has 122 heavy (non-hydrogen) atoms. The summed E-state index contributed by atoms with van der Waals surface area (Å²) in [6.45, 7) is 35.6. The van der Waals surface area contributed by atoms with E-state index in [0.717, 1.165) is 0 Å². The topological polar surface area (TPSA) is 642 Å². The maximum absolute atomic E-state index is 14.4. The number of hydrogen-bond acceptors (Lipinski definition) is 22. The summed E-state index contributed by atoms with van der Waals surface area (Å²) in [4.78, 5) is 272. The van der Waals surface area contributed by atoms with Crippen molar-refractivity contribution in [2.75, 3.05) is 26.3 Å². The minimum atomic E-state index is -1.90. The van der Waals surface area contributed by atoms with E-state index in [0.29, 0.717) is 12.8 Å². The Kier molecular flexibility index (Phi) is 41.2. The summed E-state index contributed by atoms with van der Waals surface area (Å²) in [5.41, 5.74) is -3.30. The Hall–Kier alpha value is -10.7. The van der Waals surface area contributed by atoms with Gasteiger partial charge in [-0.05, 0) is 186 Å². The number of amides is 20. The Labute approximate surface area is 714 Å². The minimum absolute atomic E-state index is 0.00157. The molecular formula is C80H140N20O22. The van der Waals surface area contributed by atoms with Crippen LogP contribution in [0.3, 0.4) is 0 Å². The number of nitrogens with two attached hydrogens (primary N) is 2. The van der Waals surface area contributed by atoms with Gasteiger partial charge in [-0.15, -0.1) is 0 Å². The highest BCUT2D eigenvalue weighted by molar-refractivity contribution is 6.04. The van der Waals surface area contributed by atoms with Crippen molar-refractivity contribution in [3.05, 3.63) is 0 Å². The number of rotatable bonds is 49. The van der Waals surface area contributed by atoms with E-state index in [1.807, 2.05) is 13.8 Å². The lowest BCUT2D eigenvalue weighted by molar-refractivity contribution is -0.146. The van der Waals surface area contributed by atoms with E-state index in [4.69, 9.17) is 11.5 Å². The molecule has 42 nitrogen and oxygen atoms in total. The largest absolute Gasteiger partial charge is 0.394 e. The number of carbonyl (C=O) groups excluding carboxylic acids is 20.